The van der Waals surface area contributed by atoms with Crippen LogP contribution >= 0.6 is 0 Å². The topological polar surface area (TPSA) is 91.7 Å². The Hall–Kier alpha value is -1.66. The van der Waals surface area contributed by atoms with Crippen molar-refractivity contribution in [2.45, 2.75) is 13.0 Å². The highest BCUT2D eigenvalue weighted by atomic mass is 16.5. The lowest BCUT2D eigenvalue weighted by molar-refractivity contribution is -0.114. The quantitative estimate of drug-likeness (QED) is 0.645. The normalized spacial score (nSPS) is 11.9. The molecule has 1 unspecified atom stereocenters. The summed E-state index contributed by atoms with van der Waals surface area (Å²) in [6.07, 6.45) is 0.539. The van der Waals surface area contributed by atoms with Crippen LogP contribution in [0.15, 0.2) is 18.3 Å². The van der Waals surface area contributed by atoms with Gasteiger partial charge < -0.3 is 20.3 Å². The summed E-state index contributed by atoms with van der Waals surface area (Å²) in [6, 6.07) is 3.15. The van der Waals surface area contributed by atoms with E-state index in [9.17, 15) is 4.79 Å². The van der Waals surface area contributed by atoms with E-state index in [0.717, 1.165) is 0 Å². The average molecular weight is 226 g/mol. The van der Waals surface area contributed by atoms with Gasteiger partial charge in [-0.25, -0.2) is 4.98 Å². The summed E-state index contributed by atoms with van der Waals surface area (Å²) in [5.74, 6) is 0.0892. The first-order valence-electron chi connectivity index (χ1n) is 4.77. The van der Waals surface area contributed by atoms with Crippen molar-refractivity contribution < 1.29 is 19.7 Å². The Morgan fingerprint density at radius 1 is 1.69 bits per heavy atom. The number of aromatic nitrogens is 1. The predicted molar refractivity (Wildman–Crippen MR) is 57.1 cm³/mol. The fourth-order valence-electron chi connectivity index (χ4n) is 1.00. The lowest BCUT2D eigenvalue weighted by Gasteiger charge is -2.09. The van der Waals surface area contributed by atoms with Gasteiger partial charge in [-0.2, -0.15) is 0 Å². The number of nitrogens with one attached hydrogen (secondary N) is 1. The maximum Gasteiger partial charge on any atom is 0.221 e. The molecule has 1 aromatic rings. The molecule has 3 N–H and O–H groups in total. The van der Waals surface area contributed by atoms with Crippen molar-refractivity contribution in [3.05, 3.63) is 18.3 Å². The van der Waals surface area contributed by atoms with Crippen molar-refractivity contribution >= 4 is 11.6 Å². The lowest BCUT2D eigenvalue weighted by atomic mass is 10.4. The van der Waals surface area contributed by atoms with Crippen molar-refractivity contribution in [3.8, 4) is 5.88 Å². The van der Waals surface area contributed by atoms with Crippen LogP contribution in [0, 0.1) is 0 Å². The number of ether oxygens (including phenoxy) is 1. The highest BCUT2D eigenvalue weighted by Crippen LogP contribution is 2.13. The molecule has 0 aliphatic heterocycles. The summed E-state index contributed by atoms with van der Waals surface area (Å²) in [6.45, 7) is 0.981. The molecule has 1 aromatic heterocycles. The molecule has 0 aliphatic rings. The zero-order valence-electron chi connectivity index (χ0n) is 8.88. The fraction of sp³-hybridized carbons (Fsp3) is 0.400. The molecule has 0 radical (unpaired) electrons. The second-order valence-electron chi connectivity index (χ2n) is 3.21. The average Bonchev–Trinajstić information content (AvgIpc) is 2.25. The van der Waals surface area contributed by atoms with E-state index in [0.29, 0.717) is 5.69 Å². The van der Waals surface area contributed by atoms with Gasteiger partial charge in [-0.3, -0.25) is 4.79 Å². The number of hydrogen-bond donors (Lipinski definition) is 3. The van der Waals surface area contributed by atoms with Crippen LogP contribution in [0.3, 0.4) is 0 Å². The van der Waals surface area contributed by atoms with Gasteiger partial charge in [0.05, 0.1) is 6.61 Å². The van der Waals surface area contributed by atoms with Crippen molar-refractivity contribution in [2.24, 2.45) is 0 Å². The highest BCUT2D eigenvalue weighted by molar-refractivity contribution is 5.88. The van der Waals surface area contributed by atoms with Crippen LogP contribution in [-0.2, 0) is 4.79 Å². The van der Waals surface area contributed by atoms with Gasteiger partial charge in [-0.1, -0.05) is 0 Å². The van der Waals surface area contributed by atoms with Crippen molar-refractivity contribution in [3.63, 3.8) is 0 Å². The number of aliphatic hydroxyl groups is 2. The van der Waals surface area contributed by atoms with Crippen LogP contribution in [0.25, 0.3) is 0 Å². The number of hydrogen-bond acceptors (Lipinski definition) is 5. The molecular weight excluding hydrogens is 212 g/mol. The van der Waals surface area contributed by atoms with Crippen LogP contribution in [0.1, 0.15) is 6.92 Å². The minimum atomic E-state index is -0.939. The molecule has 0 bridgehead atoms. The zero-order valence-corrected chi connectivity index (χ0v) is 8.88. The first-order valence-corrected chi connectivity index (χ1v) is 4.77. The second-order valence-corrected chi connectivity index (χ2v) is 3.21. The molecule has 6 heteroatoms. The molecule has 1 atom stereocenters. The summed E-state index contributed by atoms with van der Waals surface area (Å²) in [5, 5.41) is 20.2. The SMILES string of the molecule is CC(=O)Nc1ccnc(OCC(O)CO)c1. The molecule has 6 nitrogen and oxygen atoms in total. The van der Waals surface area contributed by atoms with Gasteiger partial charge in [0.2, 0.25) is 11.8 Å². The molecule has 0 saturated carbocycles. The second kappa shape index (κ2) is 6.04. The van der Waals surface area contributed by atoms with Gasteiger partial charge >= 0.3 is 0 Å². The van der Waals surface area contributed by atoms with Gasteiger partial charge in [-0.05, 0) is 6.07 Å². The van der Waals surface area contributed by atoms with Gasteiger partial charge in [0.25, 0.3) is 0 Å². The highest BCUT2D eigenvalue weighted by Gasteiger charge is 2.04. The molecule has 1 heterocycles. The summed E-state index contributed by atoms with van der Waals surface area (Å²) in [5.41, 5.74) is 0.566. The number of carbonyl (C=O) groups is 1. The molecule has 0 fully saturated rings. The lowest BCUT2D eigenvalue weighted by Crippen LogP contribution is -2.21. The molecule has 88 valence electrons. The van der Waals surface area contributed by atoms with Crippen LogP contribution < -0.4 is 10.1 Å². The Labute approximate surface area is 92.9 Å². The zero-order chi connectivity index (χ0) is 12.0. The minimum Gasteiger partial charge on any atom is -0.475 e. The number of nitrogens with zero attached hydrogens (tertiary/aromatic N) is 1. The van der Waals surface area contributed by atoms with Crippen LogP contribution in [-0.4, -0.2) is 40.4 Å². The third kappa shape index (κ3) is 4.24. The van der Waals surface area contributed by atoms with Crippen molar-refractivity contribution in [1.82, 2.24) is 4.98 Å². The summed E-state index contributed by atoms with van der Waals surface area (Å²) in [4.78, 5) is 14.7. The summed E-state index contributed by atoms with van der Waals surface area (Å²) < 4.78 is 5.11. The minimum absolute atomic E-state index is 0.0486. The third-order valence-corrected chi connectivity index (χ3v) is 1.69. The van der Waals surface area contributed by atoms with Gasteiger partial charge in [0, 0.05) is 24.9 Å². The predicted octanol–water partition coefficient (Wildman–Crippen LogP) is -0.228. The standard InChI is InChI=1S/C10H14N2O4/c1-7(14)12-8-2-3-11-10(4-8)16-6-9(15)5-13/h2-4,9,13,15H,5-6H2,1H3,(H,11,12,14). The summed E-state index contributed by atoms with van der Waals surface area (Å²) >= 11 is 0. The number of aliphatic hydroxyl groups excluding tert-OH is 2. The number of rotatable bonds is 5. The number of amides is 1. The van der Waals surface area contributed by atoms with E-state index in [4.69, 9.17) is 14.9 Å². The van der Waals surface area contributed by atoms with E-state index in [1.165, 1.54) is 19.2 Å². The fourth-order valence-corrected chi connectivity index (χ4v) is 1.00. The van der Waals surface area contributed by atoms with Crippen molar-refractivity contribution in [2.75, 3.05) is 18.5 Å². The van der Waals surface area contributed by atoms with E-state index in [2.05, 4.69) is 10.3 Å². The maximum absolute atomic E-state index is 10.8. The maximum atomic E-state index is 10.8. The molecule has 0 spiro atoms. The van der Waals surface area contributed by atoms with E-state index in [-0.39, 0.29) is 25.0 Å². The first-order chi connectivity index (χ1) is 7.61. The Kier molecular flexibility index (Phi) is 4.68. The Morgan fingerprint density at radius 3 is 3.06 bits per heavy atom. The Bertz CT molecular complexity index is 356. The van der Waals surface area contributed by atoms with Gasteiger partial charge in [-0.15, -0.1) is 0 Å². The Morgan fingerprint density at radius 2 is 2.44 bits per heavy atom. The van der Waals surface area contributed by atoms with Crippen LogP contribution in [0.5, 0.6) is 5.88 Å². The van der Waals surface area contributed by atoms with E-state index in [1.807, 2.05) is 0 Å². The van der Waals surface area contributed by atoms with Crippen molar-refractivity contribution in [1.29, 1.82) is 0 Å². The molecule has 1 rings (SSSR count). The van der Waals surface area contributed by atoms with Gasteiger partial charge in [0.1, 0.15) is 12.7 Å². The largest absolute Gasteiger partial charge is 0.475 e. The van der Waals surface area contributed by atoms with E-state index >= 15 is 0 Å². The van der Waals surface area contributed by atoms with Gasteiger partial charge in [0.15, 0.2) is 0 Å². The first kappa shape index (κ1) is 12.4. The molecule has 0 aromatic carbocycles. The van der Waals surface area contributed by atoms with Crippen LogP contribution in [0.2, 0.25) is 0 Å². The van der Waals surface area contributed by atoms with E-state index < -0.39 is 6.10 Å². The molecule has 16 heavy (non-hydrogen) atoms. The number of carbonyl (C=O) groups excluding carboxylic acids is 1. The Balaban J connectivity index is 2.56. The smallest absolute Gasteiger partial charge is 0.221 e. The number of anilines is 1. The molecule has 0 saturated heterocycles. The number of pyridine rings is 1. The third-order valence-electron chi connectivity index (χ3n) is 1.69. The summed E-state index contributed by atoms with van der Waals surface area (Å²) in [7, 11) is 0. The molecular formula is C10H14N2O4. The molecule has 0 aliphatic carbocycles. The van der Waals surface area contributed by atoms with Crippen LogP contribution in [0.4, 0.5) is 5.69 Å². The monoisotopic (exact) mass is 226 g/mol. The van der Waals surface area contributed by atoms with E-state index in [1.54, 1.807) is 6.07 Å². The molecule has 1 amide bonds.